The summed E-state index contributed by atoms with van der Waals surface area (Å²) in [7, 11) is -2.83. The van der Waals surface area contributed by atoms with Crippen molar-refractivity contribution in [2.24, 2.45) is 0 Å². The first-order chi connectivity index (χ1) is 22.0. The largest absolute Gasteiger partial charge is 0.314 e. The van der Waals surface area contributed by atoms with Crippen molar-refractivity contribution in [3.8, 4) is 56.4 Å². The van der Waals surface area contributed by atoms with Gasteiger partial charge in [-0.15, -0.1) is 0 Å². The lowest BCUT2D eigenvalue weighted by Crippen LogP contribution is -2.15. The Kier molecular flexibility index (Phi) is 7.73. The Hall–Kier alpha value is -5.44. The van der Waals surface area contributed by atoms with Gasteiger partial charge in [-0.1, -0.05) is 158 Å². The van der Waals surface area contributed by atoms with Crippen LogP contribution >= 0.6 is 7.14 Å². The molecule has 0 N–H and O–H groups in total. The van der Waals surface area contributed by atoms with Crippen LogP contribution in [-0.4, -0.2) is 21.6 Å². The van der Waals surface area contributed by atoms with Crippen LogP contribution in [0.2, 0.25) is 0 Å². The van der Waals surface area contributed by atoms with E-state index in [0.717, 1.165) is 49.6 Å². The Morgan fingerprint density at radius 3 is 1.16 bits per heavy atom. The average Bonchev–Trinajstić information content (AvgIpc) is 3.13. The van der Waals surface area contributed by atoms with E-state index in [1.807, 2.05) is 97.7 Å². The standard InChI is InChI=1S/C40H30N3OP/c1-45(44,36-17-9-4-10-18-36)37-19-11-16-35(28-37)40-42-38(33-24-20-31(21-25-33)29-12-5-2-6-13-29)41-39(43-40)34-26-22-32(23-27-34)30-14-7-3-8-15-30/h2-28H,1H3. The van der Waals surface area contributed by atoms with Gasteiger partial charge in [0, 0.05) is 27.3 Å². The molecule has 0 aliphatic carbocycles. The Morgan fingerprint density at radius 2 is 0.689 bits per heavy atom. The van der Waals surface area contributed by atoms with Crippen molar-refractivity contribution >= 4 is 17.8 Å². The summed E-state index contributed by atoms with van der Waals surface area (Å²) in [5, 5.41) is 1.57. The number of aromatic nitrogens is 3. The van der Waals surface area contributed by atoms with Crippen molar-refractivity contribution in [1.82, 2.24) is 15.0 Å². The summed E-state index contributed by atoms with van der Waals surface area (Å²) in [5.41, 5.74) is 7.12. The predicted molar refractivity (Wildman–Crippen MR) is 186 cm³/mol. The molecule has 216 valence electrons. The minimum atomic E-state index is -2.83. The molecule has 0 aliphatic heterocycles. The van der Waals surface area contributed by atoms with Gasteiger partial charge in [0.1, 0.15) is 7.14 Å². The first-order valence-corrected chi connectivity index (χ1v) is 17.0. The lowest BCUT2D eigenvalue weighted by Gasteiger charge is -2.15. The molecular weight excluding hydrogens is 569 g/mol. The first kappa shape index (κ1) is 28.3. The molecule has 1 heterocycles. The van der Waals surface area contributed by atoms with Crippen LogP contribution in [0.3, 0.4) is 0 Å². The number of benzene rings is 6. The lowest BCUT2D eigenvalue weighted by molar-refractivity contribution is 0.590. The molecule has 0 aliphatic rings. The monoisotopic (exact) mass is 599 g/mol. The molecule has 0 saturated carbocycles. The molecule has 4 nitrogen and oxygen atoms in total. The van der Waals surface area contributed by atoms with E-state index in [1.165, 1.54) is 0 Å². The van der Waals surface area contributed by atoms with Gasteiger partial charge in [-0.3, -0.25) is 0 Å². The zero-order valence-corrected chi connectivity index (χ0v) is 25.7. The summed E-state index contributed by atoms with van der Waals surface area (Å²) in [6.07, 6.45) is 0. The van der Waals surface area contributed by atoms with E-state index in [1.54, 1.807) is 0 Å². The van der Waals surface area contributed by atoms with Gasteiger partial charge in [-0.05, 0) is 35.0 Å². The quantitative estimate of drug-likeness (QED) is 0.172. The van der Waals surface area contributed by atoms with Crippen LogP contribution in [0.25, 0.3) is 56.4 Å². The molecule has 0 amide bonds. The van der Waals surface area contributed by atoms with E-state index < -0.39 is 7.14 Å². The van der Waals surface area contributed by atoms with Crippen molar-refractivity contribution in [3.63, 3.8) is 0 Å². The summed E-state index contributed by atoms with van der Waals surface area (Å²) in [4.78, 5) is 14.8. The van der Waals surface area contributed by atoms with E-state index >= 15 is 0 Å². The second-order valence-electron chi connectivity index (χ2n) is 11.0. The van der Waals surface area contributed by atoms with Gasteiger partial charge in [-0.2, -0.15) is 0 Å². The number of hydrogen-bond acceptors (Lipinski definition) is 4. The maximum atomic E-state index is 14.0. The zero-order chi connectivity index (χ0) is 30.6. The van der Waals surface area contributed by atoms with Crippen molar-refractivity contribution in [2.45, 2.75) is 0 Å². The number of rotatable bonds is 7. The highest BCUT2D eigenvalue weighted by Gasteiger charge is 2.22. The van der Waals surface area contributed by atoms with Gasteiger partial charge in [0.25, 0.3) is 0 Å². The highest BCUT2D eigenvalue weighted by Crippen LogP contribution is 2.39. The third kappa shape index (κ3) is 6.02. The molecule has 0 saturated heterocycles. The summed E-state index contributed by atoms with van der Waals surface area (Å²) in [6, 6.07) is 54.6. The van der Waals surface area contributed by atoms with Crippen molar-refractivity contribution in [3.05, 3.63) is 164 Å². The van der Waals surface area contributed by atoms with Crippen molar-refractivity contribution in [1.29, 1.82) is 0 Å². The fourth-order valence-corrected chi connectivity index (χ4v) is 7.22. The van der Waals surface area contributed by atoms with E-state index in [4.69, 9.17) is 15.0 Å². The van der Waals surface area contributed by atoms with Gasteiger partial charge in [-0.25, -0.2) is 15.0 Å². The predicted octanol–water partition coefficient (Wildman–Crippen LogP) is 9.15. The van der Waals surface area contributed by atoms with Crippen molar-refractivity contribution < 1.29 is 4.57 Å². The summed E-state index contributed by atoms with van der Waals surface area (Å²) in [5.74, 6) is 1.69. The Bertz CT molecular complexity index is 2010. The second kappa shape index (κ2) is 12.3. The molecule has 5 heteroatoms. The molecular formula is C40H30N3OP. The smallest absolute Gasteiger partial charge is 0.164 e. The normalized spacial score (nSPS) is 12.4. The Labute approximate surface area is 263 Å². The molecule has 1 aromatic heterocycles. The fraction of sp³-hybridized carbons (Fsp3) is 0.0250. The molecule has 7 aromatic rings. The van der Waals surface area contributed by atoms with Crippen LogP contribution in [0.4, 0.5) is 0 Å². The van der Waals surface area contributed by atoms with Crippen LogP contribution < -0.4 is 10.6 Å². The van der Waals surface area contributed by atoms with Crippen LogP contribution in [0.15, 0.2) is 164 Å². The van der Waals surface area contributed by atoms with Crippen LogP contribution in [0.1, 0.15) is 0 Å². The third-order valence-corrected chi connectivity index (χ3v) is 10.5. The fourth-order valence-electron chi connectivity index (χ4n) is 5.42. The van der Waals surface area contributed by atoms with Gasteiger partial charge in [0.05, 0.1) is 0 Å². The number of hydrogen-bond donors (Lipinski definition) is 0. The molecule has 45 heavy (non-hydrogen) atoms. The highest BCUT2D eigenvalue weighted by molar-refractivity contribution is 7.78. The topological polar surface area (TPSA) is 55.7 Å². The highest BCUT2D eigenvalue weighted by atomic mass is 31.2. The second-order valence-corrected chi connectivity index (χ2v) is 13.9. The maximum Gasteiger partial charge on any atom is 0.164 e. The molecule has 1 atom stereocenters. The van der Waals surface area contributed by atoms with Gasteiger partial charge in [0.15, 0.2) is 17.5 Å². The van der Waals surface area contributed by atoms with E-state index in [-0.39, 0.29) is 0 Å². The van der Waals surface area contributed by atoms with Gasteiger partial charge < -0.3 is 4.57 Å². The Balaban J connectivity index is 1.32. The molecule has 6 aromatic carbocycles. The minimum Gasteiger partial charge on any atom is -0.314 e. The summed E-state index contributed by atoms with van der Waals surface area (Å²) in [6.45, 7) is 1.81. The number of nitrogens with zero attached hydrogens (tertiary/aromatic N) is 3. The van der Waals surface area contributed by atoms with Crippen LogP contribution in [0, 0.1) is 0 Å². The van der Waals surface area contributed by atoms with E-state index in [0.29, 0.717) is 17.5 Å². The minimum absolute atomic E-state index is 0.532. The molecule has 0 bridgehead atoms. The lowest BCUT2D eigenvalue weighted by atomic mass is 10.0. The van der Waals surface area contributed by atoms with Gasteiger partial charge in [0.2, 0.25) is 0 Å². The zero-order valence-electron chi connectivity index (χ0n) is 24.8. The Morgan fingerprint density at radius 1 is 0.356 bits per heavy atom. The first-order valence-electron chi connectivity index (χ1n) is 14.9. The third-order valence-electron chi connectivity index (χ3n) is 7.98. The van der Waals surface area contributed by atoms with Crippen molar-refractivity contribution in [2.75, 3.05) is 6.66 Å². The van der Waals surface area contributed by atoms with Crippen LogP contribution in [0.5, 0.6) is 0 Å². The SMILES string of the molecule is CP(=O)(c1ccccc1)c1cccc(-c2nc(-c3ccc(-c4ccccc4)cc3)nc(-c3ccc(-c4ccccc4)cc3)n2)c1. The summed E-state index contributed by atoms with van der Waals surface area (Å²) >= 11 is 0. The maximum absolute atomic E-state index is 14.0. The average molecular weight is 600 g/mol. The molecule has 7 rings (SSSR count). The van der Waals surface area contributed by atoms with E-state index in [2.05, 4.69) is 72.8 Å². The molecule has 1 unspecified atom stereocenters. The summed E-state index contributed by atoms with van der Waals surface area (Å²) < 4.78 is 14.0. The van der Waals surface area contributed by atoms with Gasteiger partial charge >= 0.3 is 0 Å². The van der Waals surface area contributed by atoms with Crippen LogP contribution in [-0.2, 0) is 4.57 Å². The molecule has 0 spiro atoms. The molecule has 0 radical (unpaired) electrons. The van der Waals surface area contributed by atoms with E-state index in [9.17, 15) is 4.57 Å². The molecule has 0 fully saturated rings.